The molecular formula is C24H29BrCl2N2O3. The number of benzene rings is 2. The number of hydrogen-bond donors (Lipinski definition) is 1. The van der Waals surface area contributed by atoms with Crippen LogP contribution in [0, 0.1) is 0 Å². The van der Waals surface area contributed by atoms with Crippen LogP contribution < -0.4 is 10.1 Å². The summed E-state index contributed by atoms with van der Waals surface area (Å²) in [6.07, 6.45) is 2.73. The van der Waals surface area contributed by atoms with E-state index in [4.69, 9.17) is 27.9 Å². The molecule has 0 saturated heterocycles. The Morgan fingerprint density at radius 1 is 1.16 bits per heavy atom. The quantitative estimate of drug-likeness (QED) is 0.352. The Bertz CT molecular complexity index is 919. The van der Waals surface area contributed by atoms with Gasteiger partial charge < -0.3 is 15.0 Å². The lowest BCUT2D eigenvalue weighted by atomic mass is 10.1. The highest BCUT2D eigenvalue weighted by atomic mass is 79.9. The number of aryl methyl sites for hydroxylation is 1. The smallest absolute Gasteiger partial charge is 0.261 e. The van der Waals surface area contributed by atoms with E-state index >= 15 is 0 Å². The third-order valence-corrected chi connectivity index (χ3v) is 6.47. The predicted molar refractivity (Wildman–Crippen MR) is 133 cm³/mol. The minimum absolute atomic E-state index is 0.0962. The Kier molecular flexibility index (Phi) is 10.8. The van der Waals surface area contributed by atoms with Crippen LogP contribution in [0.3, 0.4) is 0 Å². The van der Waals surface area contributed by atoms with Crippen LogP contribution in [0.2, 0.25) is 10.0 Å². The minimum Gasteiger partial charge on any atom is -0.483 e. The van der Waals surface area contributed by atoms with Gasteiger partial charge in [-0.2, -0.15) is 0 Å². The molecule has 0 aliphatic carbocycles. The molecular weight excluding hydrogens is 515 g/mol. The second-order valence-corrected chi connectivity index (χ2v) is 9.12. The number of carbonyl (C=O) groups is 2. The lowest BCUT2D eigenvalue weighted by Gasteiger charge is -2.29. The lowest BCUT2D eigenvalue weighted by molar-refractivity contribution is -0.142. The maximum absolute atomic E-state index is 13.2. The first-order valence-corrected chi connectivity index (χ1v) is 12.2. The monoisotopic (exact) mass is 542 g/mol. The standard InChI is InChI=1S/C24H29BrCl2N2O3/c1-4-6-12-28-24(31)16(3)29(14-18-20(26)8-7-9-21(18)27)23(30)15-32-22-11-10-17(5-2)13-19(22)25/h7-11,13,16H,4-6,12,14-15H2,1-3H3,(H,28,31)/t16-/m0/s1. The first kappa shape index (κ1) is 26.5. The van der Waals surface area contributed by atoms with Crippen molar-refractivity contribution in [3.05, 3.63) is 62.0 Å². The van der Waals surface area contributed by atoms with Crippen LogP contribution in [0.4, 0.5) is 0 Å². The molecule has 32 heavy (non-hydrogen) atoms. The van der Waals surface area contributed by atoms with E-state index in [0.717, 1.165) is 29.3 Å². The fourth-order valence-electron chi connectivity index (χ4n) is 3.08. The van der Waals surface area contributed by atoms with Crippen molar-refractivity contribution in [3.8, 4) is 5.75 Å². The van der Waals surface area contributed by atoms with Gasteiger partial charge in [0.15, 0.2) is 6.61 Å². The van der Waals surface area contributed by atoms with Crippen molar-refractivity contribution in [2.45, 2.75) is 52.6 Å². The van der Waals surface area contributed by atoms with Crippen molar-refractivity contribution in [3.63, 3.8) is 0 Å². The lowest BCUT2D eigenvalue weighted by Crippen LogP contribution is -2.49. The normalized spacial score (nSPS) is 11.7. The Hall–Kier alpha value is -1.76. The number of rotatable bonds is 11. The number of ether oxygens (including phenoxy) is 1. The number of hydrogen-bond acceptors (Lipinski definition) is 3. The van der Waals surface area contributed by atoms with Crippen LogP contribution >= 0.6 is 39.1 Å². The van der Waals surface area contributed by atoms with Crippen molar-refractivity contribution in [2.75, 3.05) is 13.2 Å². The molecule has 0 saturated carbocycles. The molecule has 0 fully saturated rings. The summed E-state index contributed by atoms with van der Waals surface area (Å²) < 4.78 is 6.54. The molecule has 0 radical (unpaired) electrons. The van der Waals surface area contributed by atoms with E-state index in [-0.39, 0.29) is 25.0 Å². The number of halogens is 3. The molecule has 1 N–H and O–H groups in total. The summed E-state index contributed by atoms with van der Waals surface area (Å²) in [6.45, 7) is 6.24. The fourth-order valence-corrected chi connectivity index (χ4v) is 4.13. The summed E-state index contributed by atoms with van der Waals surface area (Å²) in [7, 11) is 0. The zero-order valence-electron chi connectivity index (χ0n) is 18.6. The van der Waals surface area contributed by atoms with Gasteiger partial charge in [0.05, 0.1) is 4.47 Å². The Labute approximate surface area is 208 Å². The highest BCUT2D eigenvalue weighted by Gasteiger charge is 2.27. The zero-order chi connectivity index (χ0) is 23.7. The summed E-state index contributed by atoms with van der Waals surface area (Å²) in [4.78, 5) is 27.3. The van der Waals surface area contributed by atoms with E-state index in [1.165, 1.54) is 4.90 Å². The van der Waals surface area contributed by atoms with Crippen LogP contribution in [0.25, 0.3) is 0 Å². The molecule has 5 nitrogen and oxygen atoms in total. The molecule has 2 aromatic carbocycles. The van der Waals surface area contributed by atoms with Crippen LogP contribution in [-0.2, 0) is 22.6 Å². The molecule has 0 aromatic heterocycles. The van der Waals surface area contributed by atoms with Crippen molar-refractivity contribution < 1.29 is 14.3 Å². The molecule has 0 unspecified atom stereocenters. The van der Waals surface area contributed by atoms with Crippen molar-refractivity contribution in [2.24, 2.45) is 0 Å². The average Bonchev–Trinajstić information content (AvgIpc) is 2.77. The summed E-state index contributed by atoms with van der Waals surface area (Å²) >= 11 is 16.1. The topological polar surface area (TPSA) is 58.6 Å². The summed E-state index contributed by atoms with van der Waals surface area (Å²) in [5, 5.41) is 3.76. The van der Waals surface area contributed by atoms with Gasteiger partial charge >= 0.3 is 0 Å². The van der Waals surface area contributed by atoms with Gasteiger partial charge in [-0.1, -0.05) is 55.6 Å². The van der Waals surface area contributed by atoms with Gasteiger partial charge in [0.1, 0.15) is 11.8 Å². The molecule has 0 spiro atoms. The minimum atomic E-state index is -0.721. The Morgan fingerprint density at radius 3 is 2.44 bits per heavy atom. The third kappa shape index (κ3) is 7.39. The van der Waals surface area contributed by atoms with E-state index in [1.54, 1.807) is 25.1 Å². The van der Waals surface area contributed by atoms with Crippen LogP contribution in [0.5, 0.6) is 5.75 Å². The van der Waals surface area contributed by atoms with Crippen molar-refractivity contribution in [1.29, 1.82) is 0 Å². The fraction of sp³-hybridized carbons (Fsp3) is 0.417. The summed E-state index contributed by atoms with van der Waals surface area (Å²) in [5.74, 6) is -0.0135. The van der Waals surface area contributed by atoms with E-state index in [2.05, 4.69) is 28.2 Å². The first-order chi connectivity index (χ1) is 15.3. The molecule has 0 heterocycles. The molecule has 0 bridgehead atoms. The first-order valence-electron chi connectivity index (χ1n) is 10.7. The molecule has 2 rings (SSSR count). The van der Waals surface area contributed by atoms with Crippen LogP contribution in [-0.4, -0.2) is 35.9 Å². The largest absolute Gasteiger partial charge is 0.483 e. The highest BCUT2D eigenvalue weighted by molar-refractivity contribution is 9.10. The maximum Gasteiger partial charge on any atom is 0.261 e. The van der Waals surface area contributed by atoms with Crippen molar-refractivity contribution in [1.82, 2.24) is 10.2 Å². The zero-order valence-corrected chi connectivity index (χ0v) is 21.7. The van der Waals surface area contributed by atoms with Gasteiger partial charge in [0.25, 0.3) is 5.91 Å². The van der Waals surface area contributed by atoms with Crippen molar-refractivity contribution >= 4 is 50.9 Å². The number of amides is 2. The van der Waals surface area contributed by atoms with Crippen LogP contribution in [0.1, 0.15) is 44.7 Å². The number of nitrogens with one attached hydrogen (secondary N) is 1. The van der Waals surface area contributed by atoms with Gasteiger partial charge in [-0.05, 0) is 65.5 Å². The predicted octanol–water partition coefficient (Wildman–Crippen LogP) is 6.03. The van der Waals surface area contributed by atoms with E-state index < -0.39 is 6.04 Å². The van der Waals surface area contributed by atoms with Gasteiger partial charge in [0, 0.05) is 28.7 Å². The second-order valence-electron chi connectivity index (χ2n) is 7.45. The average molecular weight is 544 g/mol. The number of unbranched alkanes of at least 4 members (excludes halogenated alkanes) is 1. The molecule has 0 aliphatic heterocycles. The summed E-state index contributed by atoms with van der Waals surface area (Å²) in [6, 6.07) is 10.2. The Morgan fingerprint density at radius 2 is 1.84 bits per heavy atom. The van der Waals surface area contributed by atoms with Gasteiger partial charge in [-0.3, -0.25) is 9.59 Å². The highest BCUT2D eigenvalue weighted by Crippen LogP contribution is 2.28. The molecule has 8 heteroatoms. The van der Waals surface area contributed by atoms with Gasteiger partial charge in [-0.15, -0.1) is 0 Å². The molecule has 0 aliphatic rings. The van der Waals surface area contributed by atoms with Gasteiger partial charge in [-0.25, -0.2) is 0 Å². The third-order valence-electron chi connectivity index (χ3n) is 5.14. The van der Waals surface area contributed by atoms with E-state index in [1.807, 2.05) is 25.1 Å². The second kappa shape index (κ2) is 13.1. The van der Waals surface area contributed by atoms with Gasteiger partial charge in [0.2, 0.25) is 5.91 Å². The maximum atomic E-state index is 13.2. The number of carbonyl (C=O) groups excluding carboxylic acids is 2. The summed E-state index contributed by atoms with van der Waals surface area (Å²) in [5.41, 5.74) is 1.74. The van der Waals surface area contributed by atoms with Crippen LogP contribution in [0.15, 0.2) is 40.9 Å². The Balaban J connectivity index is 2.20. The van der Waals surface area contributed by atoms with E-state index in [9.17, 15) is 9.59 Å². The number of nitrogens with zero attached hydrogens (tertiary/aromatic N) is 1. The molecule has 2 amide bonds. The SMILES string of the molecule is CCCCNC(=O)[C@H](C)N(Cc1c(Cl)cccc1Cl)C(=O)COc1ccc(CC)cc1Br. The molecule has 2 aromatic rings. The van der Waals surface area contributed by atoms with E-state index in [0.29, 0.717) is 27.9 Å². The molecule has 174 valence electrons. The molecule has 1 atom stereocenters.